The molecule has 2 heterocycles. The van der Waals surface area contributed by atoms with Crippen LogP contribution in [0.4, 0.5) is 11.4 Å². The van der Waals surface area contributed by atoms with Crippen LogP contribution in [0.2, 0.25) is 0 Å². The fraction of sp³-hybridized carbons (Fsp3) is 0.296. The predicted molar refractivity (Wildman–Crippen MR) is 129 cm³/mol. The molecular formula is C27H27N3O4. The molecule has 1 aliphatic carbocycles. The number of aryl methyl sites for hydroxylation is 2. The van der Waals surface area contributed by atoms with Gasteiger partial charge in [-0.15, -0.1) is 0 Å². The second kappa shape index (κ2) is 7.58. The maximum absolute atomic E-state index is 14.1. The third-order valence-electron chi connectivity index (χ3n) is 7.19. The molecule has 174 valence electrons. The van der Waals surface area contributed by atoms with E-state index in [-0.39, 0.29) is 23.1 Å². The van der Waals surface area contributed by atoms with Gasteiger partial charge in [0.05, 0.1) is 12.8 Å². The largest absolute Gasteiger partial charge is 0.466 e. The Kier molecular flexibility index (Phi) is 4.90. The number of para-hydroxylation sites is 1. The second-order valence-corrected chi connectivity index (χ2v) is 9.11. The molecule has 2 N–H and O–H groups in total. The number of benzene rings is 2. The average Bonchev–Trinajstić information content (AvgIpc) is 3.04. The van der Waals surface area contributed by atoms with Crippen molar-refractivity contribution in [3.8, 4) is 0 Å². The number of methoxy groups -OCH3 is 1. The molecule has 0 aromatic heterocycles. The van der Waals surface area contributed by atoms with E-state index in [1.807, 2.05) is 50.2 Å². The zero-order valence-electron chi connectivity index (χ0n) is 19.8. The maximum Gasteiger partial charge on any atom is 0.339 e. The van der Waals surface area contributed by atoms with Crippen LogP contribution in [-0.2, 0) is 24.5 Å². The van der Waals surface area contributed by atoms with Crippen molar-refractivity contribution in [1.29, 1.82) is 0 Å². The summed E-state index contributed by atoms with van der Waals surface area (Å²) < 4.78 is 5.19. The number of rotatable bonds is 2. The molecule has 1 unspecified atom stereocenters. The Hall–Kier alpha value is -3.87. The molecule has 2 aromatic carbocycles. The number of anilines is 2. The summed E-state index contributed by atoms with van der Waals surface area (Å²) in [5.74, 6) is -1.13. The van der Waals surface area contributed by atoms with E-state index in [0.29, 0.717) is 41.8 Å². The van der Waals surface area contributed by atoms with E-state index in [1.54, 1.807) is 18.0 Å². The minimum absolute atomic E-state index is 0.00768. The van der Waals surface area contributed by atoms with Gasteiger partial charge in [0.15, 0.2) is 5.78 Å². The van der Waals surface area contributed by atoms with Crippen molar-refractivity contribution in [2.45, 2.75) is 38.5 Å². The van der Waals surface area contributed by atoms with E-state index in [9.17, 15) is 14.4 Å². The van der Waals surface area contributed by atoms with E-state index in [4.69, 9.17) is 10.5 Å². The monoisotopic (exact) mass is 457 g/mol. The third kappa shape index (κ3) is 2.67. The van der Waals surface area contributed by atoms with Crippen LogP contribution in [0.25, 0.3) is 0 Å². The molecule has 0 bridgehead atoms. The van der Waals surface area contributed by atoms with Crippen LogP contribution in [0.5, 0.6) is 0 Å². The second-order valence-electron chi connectivity index (χ2n) is 9.11. The molecule has 5 rings (SSSR count). The summed E-state index contributed by atoms with van der Waals surface area (Å²) >= 11 is 0. The number of likely N-dealkylation sites (N-methyl/N-ethyl adjacent to an activating group) is 1. The van der Waals surface area contributed by atoms with Crippen LogP contribution in [-0.4, -0.2) is 31.8 Å². The SMILES string of the molecule is COC(=O)C1=C(N)N(c2cc(C)ccc2C)C2=C(C(=O)CCC2)C12C(=O)N(C)c1ccccc12. The normalized spacial score (nSPS) is 21.9. The highest BCUT2D eigenvalue weighted by Gasteiger charge is 2.63. The van der Waals surface area contributed by atoms with Crippen LogP contribution in [0, 0.1) is 13.8 Å². The summed E-state index contributed by atoms with van der Waals surface area (Å²) in [5, 5.41) is 0. The van der Waals surface area contributed by atoms with Crippen LogP contribution in [0.3, 0.4) is 0 Å². The Balaban J connectivity index is 1.95. The number of carbonyl (C=O) groups is 3. The first-order valence-corrected chi connectivity index (χ1v) is 11.4. The van der Waals surface area contributed by atoms with Gasteiger partial charge in [-0.2, -0.15) is 0 Å². The molecule has 1 amide bonds. The van der Waals surface area contributed by atoms with Crippen LogP contribution in [0.15, 0.2) is 65.1 Å². The number of carbonyl (C=O) groups excluding carboxylic acids is 3. The van der Waals surface area contributed by atoms with Gasteiger partial charge in [-0.05, 0) is 49.9 Å². The number of Topliss-reactive ketones (excluding diaryl/α,β-unsaturated/α-hetero) is 1. The van der Waals surface area contributed by atoms with Gasteiger partial charge in [0.25, 0.3) is 0 Å². The minimum Gasteiger partial charge on any atom is -0.466 e. The lowest BCUT2D eigenvalue weighted by atomic mass is 9.63. The molecule has 3 aliphatic rings. The van der Waals surface area contributed by atoms with Crippen LogP contribution in [0.1, 0.15) is 36.0 Å². The number of nitrogens with zero attached hydrogens (tertiary/aromatic N) is 2. The number of fused-ring (bicyclic) bond motifs is 3. The predicted octanol–water partition coefficient (Wildman–Crippen LogP) is 3.39. The van der Waals surface area contributed by atoms with E-state index in [1.165, 1.54) is 12.0 Å². The number of nitrogens with two attached hydrogens (primary N) is 1. The van der Waals surface area contributed by atoms with Gasteiger partial charge >= 0.3 is 5.97 Å². The first-order chi connectivity index (χ1) is 16.2. The zero-order chi connectivity index (χ0) is 24.4. The van der Waals surface area contributed by atoms with E-state index in [2.05, 4.69) is 0 Å². The minimum atomic E-state index is -1.64. The molecule has 1 spiro atoms. The molecule has 34 heavy (non-hydrogen) atoms. The molecule has 7 heteroatoms. The molecule has 7 nitrogen and oxygen atoms in total. The van der Waals surface area contributed by atoms with Gasteiger partial charge in [0, 0.05) is 36.0 Å². The zero-order valence-corrected chi connectivity index (χ0v) is 19.8. The number of ether oxygens (including phenoxy) is 1. The first-order valence-electron chi connectivity index (χ1n) is 11.4. The van der Waals surface area contributed by atoms with Crippen molar-refractivity contribution in [2.75, 3.05) is 24.0 Å². The molecule has 0 fully saturated rings. The van der Waals surface area contributed by atoms with Gasteiger partial charge in [-0.1, -0.05) is 30.3 Å². The fourth-order valence-corrected chi connectivity index (χ4v) is 5.69. The highest BCUT2D eigenvalue weighted by atomic mass is 16.5. The quantitative estimate of drug-likeness (QED) is 0.695. The topological polar surface area (TPSA) is 92.9 Å². The Morgan fingerprint density at radius 3 is 2.53 bits per heavy atom. The van der Waals surface area contributed by atoms with Gasteiger partial charge in [-0.3, -0.25) is 14.5 Å². The Morgan fingerprint density at radius 1 is 1.06 bits per heavy atom. The van der Waals surface area contributed by atoms with E-state index >= 15 is 0 Å². The number of amides is 1. The van der Waals surface area contributed by atoms with E-state index < -0.39 is 11.4 Å². The Bertz CT molecular complexity index is 1340. The molecule has 1 atom stereocenters. The number of hydrogen-bond acceptors (Lipinski definition) is 6. The molecule has 0 saturated heterocycles. The number of esters is 1. The molecule has 2 aliphatic heterocycles. The standard InChI is InChI=1S/C27H27N3O4/c1-15-12-13-16(2)20(14-15)30-19-10-7-11-21(31)22(19)27(23(24(30)28)25(32)34-4)17-8-5-6-9-18(17)29(3)26(27)33/h5-6,8-9,12-14H,7,10-11,28H2,1-4H3. The lowest BCUT2D eigenvalue weighted by Gasteiger charge is -2.45. The highest BCUT2D eigenvalue weighted by Crippen LogP contribution is 2.57. The van der Waals surface area contributed by atoms with Crippen LogP contribution >= 0.6 is 0 Å². The van der Waals surface area contributed by atoms with Crippen molar-refractivity contribution in [2.24, 2.45) is 5.73 Å². The molecule has 0 saturated carbocycles. The van der Waals surface area contributed by atoms with Crippen molar-refractivity contribution >= 4 is 29.0 Å². The lowest BCUT2D eigenvalue weighted by molar-refractivity contribution is -0.138. The summed E-state index contributed by atoms with van der Waals surface area (Å²) in [7, 11) is 2.92. The average molecular weight is 458 g/mol. The van der Waals surface area contributed by atoms with Crippen molar-refractivity contribution in [1.82, 2.24) is 0 Å². The summed E-state index contributed by atoms with van der Waals surface area (Å²) in [6.07, 6.45) is 1.50. The number of ketones is 1. The molecule has 0 radical (unpaired) electrons. The summed E-state index contributed by atoms with van der Waals surface area (Å²) in [6.45, 7) is 3.93. The maximum atomic E-state index is 14.1. The smallest absolute Gasteiger partial charge is 0.339 e. The highest BCUT2D eigenvalue weighted by molar-refractivity contribution is 6.24. The number of hydrogen-bond donors (Lipinski definition) is 1. The van der Waals surface area contributed by atoms with Crippen molar-refractivity contribution < 1.29 is 19.1 Å². The van der Waals surface area contributed by atoms with Crippen molar-refractivity contribution in [3.05, 3.63) is 81.8 Å². The van der Waals surface area contributed by atoms with E-state index in [0.717, 1.165) is 16.8 Å². The fourth-order valence-electron chi connectivity index (χ4n) is 5.69. The summed E-state index contributed by atoms with van der Waals surface area (Å²) in [6, 6.07) is 13.2. The van der Waals surface area contributed by atoms with Gasteiger partial charge in [-0.25, -0.2) is 4.79 Å². The van der Waals surface area contributed by atoms with Crippen LogP contribution < -0.4 is 15.5 Å². The van der Waals surface area contributed by atoms with Gasteiger partial charge in [0.1, 0.15) is 16.8 Å². The van der Waals surface area contributed by atoms with Crippen molar-refractivity contribution in [3.63, 3.8) is 0 Å². The third-order valence-corrected chi connectivity index (χ3v) is 7.19. The Labute approximate surface area is 198 Å². The first kappa shape index (κ1) is 21.9. The summed E-state index contributed by atoms with van der Waals surface area (Å²) in [4.78, 5) is 44.5. The number of allylic oxidation sites excluding steroid dienone is 1. The Morgan fingerprint density at radius 2 is 1.79 bits per heavy atom. The molecule has 2 aromatic rings. The lowest BCUT2D eigenvalue weighted by Crippen LogP contribution is -2.54. The van der Waals surface area contributed by atoms with Gasteiger partial charge < -0.3 is 15.4 Å². The summed E-state index contributed by atoms with van der Waals surface area (Å²) in [5.41, 5.74) is 10.1. The molecular weight excluding hydrogens is 430 g/mol. The van der Waals surface area contributed by atoms with Gasteiger partial charge in [0.2, 0.25) is 5.91 Å².